The summed E-state index contributed by atoms with van der Waals surface area (Å²) in [5.74, 6) is 0. The van der Waals surface area contributed by atoms with Crippen LogP contribution in [-0.2, 0) is 10.0 Å². The van der Waals surface area contributed by atoms with Gasteiger partial charge in [0.25, 0.3) is 0 Å². The maximum absolute atomic E-state index is 12.0. The molecule has 1 atom stereocenters. The van der Waals surface area contributed by atoms with Crippen molar-refractivity contribution in [2.75, 3.05) is 4.72 Å². The van der Waals surface area contributed by atoms with Crippen LogP contribution in [0.5, 0.6) is 0 Å². The molecule has 1 aromatic rings. The predicted molar refractivity (Wildman–Crippen MR) is 79.9 cm³/mol. The molecule has 1 unspecified atom stereocenters. The lowest BCUT2D eigenvalue weighted by Crippen LogP contribution is -2.37. The van der Waals surface area contributed by atoms with Crippen molar-refractivity contribution < 1.29 is 8.42 Å². The van der Waals surface area contributed by atoms with E-state index >= 15 is 0 Å². The summed E-state index contributed by atoms with van der Waals surface area (Å²) in [7, 11) is -3.69. The smallest absolute Gasteiger partial charge is 0.242 e. The molecule has 1 rings (SSSR count). The summed E-state index contributed by atoms with van der Waals surface area (Å²) in [6.07, 6.45) is 0.291. The maximum Gasteiger partial charge on any atom is 0.242 e. The monoisotopic (exact) mass is 326 g/mol. The van der Waals surface area contributed by atoms with Gasteiger partial charge in [0, 0.05) is 10.0 Å². The molecule has 3 N–H and O–H groups in total. The summed E-state index contributed by atoms with van der Waals surface area (Å²) in [6.45, 7) is 1.69. The van der Waals surface area contributed by atoms with E-state index in [0.29, 0.717) is 16.5 Å². The molecule has 18 heavy (non-hydrogen) atoms. The summed E-state index contributed by atoms with van der Waals surface area (Å²) in [4.78, 5) is -0.0712. The second-order valence-electron chi connectivity index (χ2n) is 3.60. The minimum absolute atomic E-state index is 0.0712. The van der Waals surface area contributed by atoms with E-state index in [4.69, 9.17) is 41.2 Å². The number of hydrogen-bond donors (Lipinski definition) is 2. The fourth-order valence-electron chi connectivity index (χ4n) is 1.42. The molecule has 0 bridgehead atoms. The summed E-state index contributed by atoms with van der Waals surface area (Å²) in [5, 5.41) is -0.252. The molecule has 100 valence electrons. The largest absolute Gasteiger partial charge is 0.392 e. The van der Waals surface area contributed by atoms with Gasteiger partial charge in [-0.2, -0.15) is 0 Å². The van der Waals surface area contributed by atoms with Crippen LogP contribution in [0.2, 0.25) is 10.0 Å². The Kier molecular flexibility index (Phi) is 5.21. The molecule has 0 aliphatic heterocycles. The third-order valence-electron chi connectivity index (χ3n) is 2.19. The van der Waals surface area contributed by atoms with Crippen LogP contribution in [0.4, 0.5) is 5.69 Å². The molecule has 8 heteroatoms. The van der Waals surface area contributed by atoms with Crippen LogP contribution in [-0.4, -0.2) is 18.7 Å². The average Bonchev–Trinajstić information content (AvgIpc) is 2.13. The highest BCUT2D eigenvalue weighted by atomic mass is 35.5. The van der Waals surface area contributed by atoms with Gasteiger partial charge < -0.3 is 5.73 Å². The van der Waals surface area contributed by atoms with Gasteiger partial charge in [-0.05, 0) is 24.6 Å². The fourth-order valence-corrected chi connectivity index (χ4v) is 3.83. The minimum atomic E-state index is -3.69. The van der Waals surface area contributed by atoms with Crippen molar-refractivity contribution in [3.05, 3.63) is 28.2 Å². The number of hydrogen-bond acceptors (Lipinski definition) is 3. The topological polar surface area (TPSA) is 72.2 Å². The first-order chi connectivity index (χ1) is 8.26. The molecule has 0 saturated carbocycles. The van der Waals surface area contributed by atoms with Crippen molar-refractivity contribution in [3.63, 3.8) is 0 Å². The number of nitrogens with two attached hydrogens (primary N) is 1. The third-order valence-corrected chi connectivity index (χ3v) is 4.91. The zero-order chi connectivity index (χ0) is 13.9. The molecule has 0 aliphatic carbocycles. The number of thiocarbonyl (C=S) groups is 1. The van der Waals surface area contributed by atoms with E-state index in [9.17, 15) is 8.42 Å². The van der Waals surface area contributed by atoms with Gasteiger partial charge in [-0.1, -0.05) is 42.3 Å². The molecule has 0 saturated heterocycles. The minimum Gasteiger partial charge on any atom is -0.392 e. The zero-order valence-corrected chi connectivity index (χ0v) is 12.6. The number of halogens is 2. The van der Waals surface area contributed by atoms with Crippen LogP contribution in [0.1, 0.15) is 13.3 Å². The molecule has 0 amide bonds. The lowest BCUT2D eigenvalue weighted by molar-refractivity contribution is 0.594. The Bertz CT molecular complexity index is 541. The van der Waals surface area contributed by atoms with Crippen molar-refractivity contribution in [2.45, 2.75) is 18.6 Å². The SMILES string of the molecule is CCC(C(N)=S)S(=O)(=O)Nc1cc(Cl)cc(Cl)c1. The summed E-state index contributed by atoms with van der Waals surface area (Å²) < 4.78 is 26.4. The number of sulfonamides is 1. The van der Waals surface area contributed by atoms with Crippen molar-refractivity contribution in [1.82, 2.24) is 0 Å². The van der Waals surface area contributed by atoms with Crippen molar-refractivity contribution >= 4 is 56.1 Å². The lowest BCUT2D eigenvalue weighted by Gasteiger charge is -2.16. The Hall–Kier alpha value is -0.560. The van der Waals surface area contributed by atoms with Crippen molar-refractivity contribution in [1.29, 1.82) is 0 Å². The summed E-state index contributed by atoms with van der Waals surface area (Å²) in [6, 6.07) is 4.42. The third kappa shape index (κ3) is 3.98. The second-order valence-corrected chi connectivity index (χ2v) is 6.81. The molecule has 0 aromatic heterocycles. The number of rotatable bonds is 5. The molecule has 0 aliphatic rings. The van der Waals surface area contributed by atoms with Gasteiger partial charge in [0.05, 0.1) is 10.7 Å². The van der Waals surface area contributed by atoms with E-state index in [1.165, 1.54) is 18.2 Å². The van der Waals surface area contributed by atoms with Gasteiger partial charge in [-0.3, -0.25) is 4.72 Å². The molecule has 0 radical (unpaired) electrons. The summed E-state index contributed by atoms with van der Waals surface area (Å²) >= 11 is 16.3. The number of benzene rings is 1. The van der Waals surface area contributed by atoms with E-state index in [0.717, 1.165) is 0 Å². The Balaban J connectivity index is 3.05. The lowest BCUT2D eigenvalue weighted by atomic mass is 10.3. The highest BCUT2D eigenvalue weighted by Gasteiger charge is 2.26. The molecule has 4 nitrogen and oxygen atoms in total. The highest BCUT2D eigenvalue weighted by Crippen LogP contribution is 2.24. The molecule has 0 spiro atoms. The van der Waals surface area contributed by atoms with Gasteiger partial charge in [0.1, 0.15) is 5.25 Å². The normalized spacial score (nSPS) is 13.1. The summed E-state index contributed by atoms with van der Waals surface area (Å²) in [5.41, 5.74) is 5.69. The Morgan fingerprint density at radius 3 is 2.28 bits per heavy atom. The Morgan fingerprint density at radius 2 is 1.89 bits per heavy atom. The first kappa shape index (κ1) is 15.5. The predicted octanol–water partition coefficient (Wildman–Crippen LogP) is 2.80. The average molecular weight is 327 g/mol. The van der Waals surface area contributed by atoms with Crippen molar-refractivity contribution in [3.8, 4) is 0 Å². The first-order valence-corrected chi connectivity index (χ1v) is 7.74. The number of anilines is 1. The van der Waals surface area contributed by atoms with Gasteiger partial charge in [0.2, 0.25) is 10.0 Å². The highest BCUT2D eigenvalue weighted by molar-refractivity contribution is 7.95. The van der Waals surface area contributed by atoms with E-state index in [1.54, 1.807) is 6.92 Å². The van der Waals surface area contributed by atoms with Gasteiger partial charge in [-0.15, -0.1) is 0 Å². The van der Waals surface area contributed by atoms with Crippen LogP contribution in [0, 0.1) is 0 Å². The fraction of sp³-hybridized carbons (Fsp3) is 0.300. The van der Waals surface area contributed by atoms with Gasteiger partial charge in [-0.25, -0.2) is 8.42 Å². The van der Waals surface area contributed by atoms with Crippen LogP contribution in [0.3, 0.4) is 0 Å². The number of nitrogens with one attached hydrogen (secondary N) is 1. The van der Waals surface area contributed by atoms with Crippen LogP contribution >= 0.6 is 35.4 Å². The first-order valence-electron chi connectivity index (χ1n) is 5.03. The van der Waals surface area contributed by atoms with Crippen LogP contribution in [0.25, 0.3) is 0 Å². The standard InChI is InChI=1S/C10H12Cl2N2O2S2/c1-2-9(10(13)17)18(15,16)14-8-4-6(11)3-7(12)5-8/h3-5,9,14H,2H2,1H3,(H2,13,17). The molecule has 1 aromatic carbocycles. The molecular formula is C10H12Cl2N2O2S2. The van der Waals surface area contributed by atoms with Crippen LogP contribution in [0.15, 0.2) is 18.2 Å². The van der Waals surface area contributed by atoms with E-state index in [2.05, 4.69) is 4.72 Å². The van der Waals surface area contributed by atoms with E-state index in [-0.39, 0.29) is 10.7 Å². The second kappa shape index (κ2) is 6.06. The Labute approximate surface area is 122 Å². The van der Waals surface area contributed by atoms with Gasteiger partial charge >= 0.3 is 0 Å². The Morgan fingerprint density at radius 1 is 1.39 bits per heavy atom. The van der Waals surface area contributed by atoms with Crippen LogP contribution < -0.4 is 10.5 Å². The van der Waals surface area contributed by atoms with Crippen molar-refractivity contribution in [2.24, 2.45) is 5.73 Å². The molecule has 0 fully saturated rings. The van der Waals surface area contributed by atoms with E-state index < -0.39 is 15.3 Å². The molecular weight excluding hydrogens is 315 g/mol. The maximum atomic E-state index is 12.0. The van der Waals surface area contributed by atoms with Gasteiger partial charge in [0.15, 0.2) is 0 Å². The molecule has 0 heterocycles. The van der Waals surface area contributed by atoms with E-state index in [1.807, 2.05) is 0 Å². The quantitative estimate of drug-likeness (QED) is 0.816. The zero-order valence-electron chi connectivity index (χ0n) is 9.48.